The molecule has 3 nitrogen and oxygen atoms in total. The molecule has 74 valence electrons. The summed E-state index contributed by atoms with van der Waals surface area (Å²) in [5.74, 6) is -0.262. The summed E-state index contributed by atoms with van der Waals surface area (Å²) in [6.45, 7) is 3.78. The molecule has 0 amide bonds. The third kappa shape index (κ3) is 2.39. The second-order valence-corrected chi connectivity index (χ2v) is 3.29. The Hall–Kier alpha value is -0.670. The molecule has 1 N–H and O–H groups in total. The Kier molecular flexibility index (Phi) is 3.63. The van der Waals surface area contributed by atoms with E-state index < -0.39 is 6.10 Å². The molecule has 0 aromatic heterocycles. The summed E-state index contributed by atoms with van der Waals surface area (Å²) in [7, 11) is 0. The van der Waals surface area contributed by atoms with Gasteiger partial charge in [-0.3, -0.25) is 4.79 Å². The van der Waals surface area contributed by atoms with Crippen LogP contribution in [-0.2, 0) is 9.53 Å². The van der Waals surface area contributed by atoms with Gasteiger partial charge in [-0.05, 0) is 19.4 Å². The second-order valence-electron chi connectivity index (χ2n) is 3.29. The number of rotatable bonds is 4. The SMILES string of the molecule is CC=CC(=O)C(O)C1CC(CC)O1. The van der Waals surface area contributed by atoms with E-state index in [1.807, 2.05) is 6.92 Å². The van der Waals surface area contributed by atoms with E-state index >= 15 is 0 Å². The van der Waals surface area contributed by atoms with Crippen molar-refractivity contribution in [2.75, 3.05) is 0 Å². The Labute approximate surface area is 78.4 Å². The molecule has 13 heavy (non-hydrogen) atoms. The fourth-order valence-electron chi connectivity index (χ4n) is 1.41. The van der Waals surface area contributed by atoms with Gasteiger partial charge in [0.15, 0.2) is 5.78 Å². The van der Waals surface area contributed by atoms with Crippen LogP contribution in [0.2, 0.25) is 0 Å². The van der Waals surface area contributed by atoms with Crippen molar-refractivity contribution in [1.29, 1.82) is 0 Å². The topological polar surface area (TPSA) is 46.5 Å². The summed E-state index contributed by atoms with van der Waals surface area (Å²) in [6, 6.07) is 0. The Morgan fingerprint density at radius 1 is 1.77 bits per heavy atom. The van der Waals surface area contributed by atoms with Crippen LogP contribution in [-0.4, -0.2) is 29.2 Å². The Balaban J connectivity index is 2.34. The maximum Gasteiger partial charge on any atom is 0.186 e. The maximum atomic E-state index is 11.2. The fourth-order valence-corrected chi connectivity index (χ4v) is 1.41. The molecule has 3 unspecified atom stereocenters. The van der Waals surface area contributed by atoms with Crippen LogP contribution in [0.4, 0.5) is 0 Å². The number of ketones is 1. The molecule has 0 aromatic carbocycles. The predicted octanol–water partition coefficient (Wildman–Crippen LogP) is 1.06. The van der Waals surface area contributed by atoms with Crippen molar-refractivity contribution in [3.05, 3.63) is 12.2 Å². The maximum absolute atomic E-state index is 11.2. The first-order chi connectivity index (χ1) is 6.19. The van der Waals surface area contributed by atoms with E-state index in [0.717, 1.165) is 12.8 Å². The molecule has 0 bridgehead atoms. The van der Waals surface area contributed by atoms with Crippen LogP contribution in [0, 0.1) is 0 Å². The molecule has 3 atom stereocenters. The van der Waals surface area contributed by atoms with Crippen LogP contribution in [0.1, 0.15) is 26.7 Å². The highest BCUT2D eigenvalue weighted by Crippen LogP contribution is 2.26. The summed E-state index contributed by atoms with van der Waals surface area (Å²) in [5, 5.41) is 9.46. The van der Waals surface area contributed by atoms with Crippen molar-refractivity contribution in [3.8, 4) is 0 Å². The largest absolute Gasteiger partial charge is 0.382 e. The fraction of sp³-hybridized carbons (Fsp3) is 0.700. The quantitative estimate of drug-likeness (QED) is 0.664. The van der Waals surface area contributed by atoms with Gasteiger partial charge in [0.25, 0.3) is 0 Å². The molecule has 0 aromatic rings. The summed E-state index contributed by atoms with van der Waals surface area (Å²) in [4.78, 5) is 11.2. The first-order valence-electron chi connectivity index (χ1n) is 4.69. The zero-order valence-corrected chi connectivity index (χ0v) is 8.06. The number of aliphatic hydroxyl groups is 1. The Morgan fingerprint density at radius 3 is 2.85 bits per heavy atom. The molecule has 0 aliphatic carbocycles. The number of carbonyl (C=O) groups excluding carboxylic acids is 1. The zero-order chi connectivity index (χ0) is 9.84. The minimum absolute atomic E-state index is 0.234. The van der Waals surface area contributed by atoms with E-state index in [2.05, 4.69) is 0 Å². The molecule has 1 aliphatic rings. The summed E-state index contributed by atoms with van der Waals surface area (Å²) in [6.07, 6.45) is 3.72. The van der Waals surface area contributed by atoms with E-state index in [1.165, 1.54) is 6.08 Å². The van der Waals surface area contributed by atoms with E-state index in [4.69, 9.17) is 4.74 Å². The molecule has 0 saturated carbocycles. The highest BCUT2D eigenvalue weighted by Gasteiger charge is 2.36. The van der Waals surface area contributed by atoms with Gasteiger partial charge in [-0.15, -0.1) is 0 Å². The lowest BCUT2D eigenvalue weighted by molar-refractivity contribution is -0.175. The van der Waals surface area contributed by atoms with Crippen molar-refractivity contribution in [1.82, 2.24) is 0 Å². The van der Waals surface area contributed by atoms with Crippen LogP contribution >= 0.6 is 0 Å². The molecular formula is C10H16O3. The van der Waals surface area contributed by atoms with E-state index in [9.17, 15) is 9.90 Å². The van der Waals surface area contributed by atoms with Crippen molar-refractivity contribution < 1.29 is 14.6 Å². The van der Waals surface area contributed by atoms with Gasteiger partial charge < -0.3 is 9.84 Å². The minimum atomic E-state index is -0.973. The molecule has 1 aliphatic heterocycles. The number of hydrogen-bond acceptors (Lipinski definition) is 3. The van der Waals surface area contributed by atoms with E-state index in [-0.39, 0.29) is 18.0 Å². The minimum Gasteiger partial charge on any atom is -0.382 e. The van der Waals surface area contributed by atoms with Gasteiger partial charge in [-0.1, -0.05) is 13.0 Å². The van der Waals surface area contributed by atoms with Crippen molar-refractivity contribution in [3.63, 3.8) is 0 Å². The Bertz CT molecular complexity index is 204. The van der Waals surface area contributed by atoms with Gasteiger partial charge in [0.1, 0.15) is 6.10 Å². The third-order valence-corrected chi connectivity index (χ3v) is 2.29. The molecular weight excluding hydrogens is 168 g/mol. The number of aliphatic hydroxyl groups excluding tert-OH is 1. The van der Waals surface area contributed by atoms with E-state index in [0.29, 0.717) is 0 Å². The van der Waals surface area contributed by atoms with Crippen LogP contribution < -0.4 is 0 Å². The van der Waals surface area contributed by atoms with E-state index in [1.54, 1.807) is 13.0 Å². The lowest BCUT2D eigenvalue weighted by atomic mass is 9.96. The standard InChI is InChI=1S/C10H16O3/c1-3-5-8(11)10(12)9-6-7(4-2)13-9/h3,5,7,9-10,12H,4,6H2,1-2H3. The monoisotopic (exact) mass is 184 g/mol. The summed E-state index contributed by atoms with van der Waals surface area (Å²) >= 11 is 0. The smallest absolute Gasteiger partial charge is 0.186 e. The Morgan fingerprint density at radius 2 is 2.38 bits per heavy atom. The average molecular weight is 184 g/mol. The molecule has 1 saturated heterocycles. The van der Waals surface area contributed by atoms with Crippen LogP contribution in [0.15, 0.2) is 12.2 Å². The molecule has 0 spiro atoms. The average Bonchev–Trinajstić information content (AvgIpc) is 2.02. The first-order valence-corrected chi connectivity index (χ1v) is 4.69. The van der Waals surface area contributed by atoms with Crippen LogP contribution in [0.3, 0.4) is 0 Å². The van der Waals surface area contributed by atoms with Gasteiger partial charge >= 0.3 is 0 Å². The van der Waals surface area contributed by atoms with Crippen molar-refractivity contribution in [2.24, 2.45) is 0 Å². The van der Waals surface area contributed by atoms with Crippen molar-refractivity contribution in [2.45, 2.75) is 45.0 Å². The highest BCUT2D eigenvalue weighted by molar-refractivity contribution is 5.93. The number of carbonyl (C=O) groups is 1. The summed E-state index contributed by atoms with van der Waals surface area (Å²) in [5.41, 5.74) is 0. The lowest BCUT2D eigenvalue weighted by Crippen LogP contribution is -2.47. The molecule has 1 heterocycles. The highest BCUT2D eigenvalue weighted by atomic mass is 16.5. The molecule has 0 radical (unpaired) electrons. The van der Waals surface area contributed by atoms with Crippen molar-refractivity contribution >= 4 is 5.78 Å². The normalized spacial score (nSPS) is 30.1. The molecule has 1 rings (SSSR count). The van der Waals surface area contributed by atoms with Gasteiger partial charge in [0.05, 0.1) is 12.2 Å². The number of ether oxygens (including phenoxy) is 1. The lowest BCUT2D eigenvalue weighted by Gasteiger charge is -2.37. The number of hydrogen-bond donors (Lipinski definition) is 1. The summed E-state index contributed by atoms with van der Waals surface area (Å²) < 4.78 is 5.31. The van der Waals surface area contributed by atoms with Gasteiger partial charge in [-0.25, -0.2) is 0 Å². The first kappa shape index (κ1) is 10.4. The zero-order valence-electron chi connectivity index (χ0n) is 8.06. The number of allylic oxidation sites excluding steroid dienone is 1. The third-order valence-electron chi connectivity index (χ3n) is 2.29. The second kappa shape index (κ2) is 4.53. The van der Waals surface area contributed by atoms with Gasteiger partial charge in [-0.2, -0.15) is 0 Å². The molecule has 1 fully saturated rings. The van der Waals surface area contributed by atoms with Crippen LogP contribution in [0.5, 0.6) is 0 Å². The van der Waals surface area contributed by atoms with Gasteiger partial charge in [0.2, 0.25) is 0 Å². The van der Waals surface area contributed by atoms with Crippen LogP contribution in [0.25, 0.3) is 0 Å². The molecule has 3 heteroatoms. The predicted molar refractivity (Wildman–Crippen MR) is 49.4 cm³/mol. The van der Waals surface area contributed by atoms with Gasteiger partial charge in [0, 0.05) is 6.42 Å².